The Morgan fingerprint density at radius 1 is 0.829 bits per heavy atom. The third kappa shape index (κ3) is 10.8. The van der Waals surface area contributed by atoms with Crippen molar-refractivity contribution >= 4 is 30.9 Å². The van der Waals surface area contributed by atoms with Gasteiger partial charge in [-0.3, -0.25) is 32.8 Å². The van der Waals surface area contributed by atoms with Crippen LogP contribution >= 0.6 is 7.60 Å². The fourth-order valence-electron chi connectivity index (χ4n) is 4.88. The van der Waals surface area contributed by atoms with Gasteiger partial charge in [-0.05, 0) is 32.1 Å². The second-order valence-electron chi connectivity index (χ2n) is 10.3. The van der Waals surface area contributed by atoms with Crippen LogP contribution in [-0.4, -0.2) is 58.1 Å². The highest BCUT2D eigenvalue weighted by Gasteiger charge is 2.32. The first kappa shape index (κ1) is 34.9. The zero-order valence-electron chi connectivity index (χ0n) is 24.9. The Labute approximate surface area is 242 Å². The lowest BCUT2D eigenvalue weighted by Gasteiger charge is -2.27. The molecular formula is C28H47N2O10P. The molecule has 0 saturated heterocycles. The highest BCUT2D eigenvalue weighted by molar-refractivity contribution is 7.53. The van der Waals surface area contributed by atoms with Crippen molar-refractivity contribution < 1.29 is 37.4 Å². The third-order valence-corrected chi connectivity index (χ3v) is 8.78. The smallest absolute Gasteiger partial charge is 0.337 e. The van der Waals surface area contributed by atoms with E-state index >= 15 is 0 Å². The Hall–Kier alpha value is -2.27. The van der Waals surface area contributed by atoms with Gasteiger partial charge in [-0.15, -0.1) is 0 Å². The monoisotopic (exact) mass is 602 g/mol. The fourth-order valence-corrected chi connectivity index (χ4v) is 6.15. The lowest BCUT2D eigenvalue weighted by molar-refractivity contribution is -0.167. The van der Waals surface area contributed by atoms with Gasteiger partial charge in [-0.1, -0.05) is 53.4 Å². The number of fused-ring (bicyclic) bond motifs is 1. The molecule has 0 radical (unpaired) electrons. The van der Waals surface area contributed by atoms with Crippen molar-refractivity contribution in [3.63, 3.8) is 0 Å². The summed E-state index contributed by atoms with van der Waals surface area (Å²) in [7, 11) is -3.90. The van der Waals surface area contributed by atoms with Gasteiger partial charge >= 0.3 is 19.5 Å². The average Bonchev–Trinajstić information content (AvgIpc) is 3.15. The number of carbonyl (C=O) groups is 2. The van der Waals surface area contributed by atoms with Gasteiger partial charge in [-0.2, -0.15) is 0 Å². The summed E-state index contributed by atoms with van der Waals surface area (Å²) in [6.45, 7) is 7.64. The quantitative estimate of drug-likeness (QED) is 0.0693. The molecule has 1 aromatic carbocycles. The SMILES string of the molecule is CCCC(CCC)C(=O)OCOCOP(=O)(CCN1CCCNc2c1c(=O)c2=O)OCOC(=O)C(CCC)CCC. The van der Waals surface area contributed by atoms with Crippen LogP contribution in [0.5, 0.6) is 0 Å². The molecule has 0 saturated carbocycles. The van der Waals surface area contributed by atoms with Crippen molar-refractivity contribution in [3.8, 4) is 0 Å². The number of nitrogens with one attached hydrogen (secondary N) is 1. The molecule has 234 valence electrons. The van der Waals surface area contributed by atoms with E-state index in [1.807, 2.05) is 27.7 Å². The highest BCUT2D eigenvalue weighted by Crippen LogP contribution is 2.48. The van der Waals surface area contributed by atoms with Crippen LogP contribution in [0.25, 0.3) is 0 Å². The van der Waals surface area contributed by atoms with Gasteiger partial charge in [0.15, 0.2) is 13.6 Å². The molecule has 1 atom stereocenters. The van der Waals surface area contributed by atoms with Gasteiger partial charge in [0.2, 0.25) is 6.79 Å². The van der Waals surface area contributed by atoms with Crippen molar-refractivity contribution in [1.82, 2.24) is 0 Å². The van der Waals surface area contributed by atoms with E-state index in [4.69, 9.17) is 23.3 Å². The Kier molecular flexibility index (Phi) is 15.6. The second kappa shape index (κ2) is 18.3. The summed E-state index contributed by atoms with van der Waals surface area (Å²) < 4.78 is 40.3. The zero-order chi connectivity index (χ0) is 30.3. The van der Waals surface area contributed by atoms with E-state index in [0.717, 1.165) is 38.5 Å². The molecule has 41 heavy (non-hydrogen) atoms. The molecular weight excluding hydrogens is 555 g/mol. The Balaban J connectivity index is 1.98. The number of ether oxygens (including phenoxy) is 3. The van der Waals surface area contributed by atoms with Crippen molar-refractivity contribution in [3.05, 3.63) is 20.4 Å². The van der Waals surface area contributed by atoms with E-state index in [9.17, 15) is 23.7 Å². The maximum Gasteiger partial charge on any atom is 0.337 e. The van der Waals surface area contributed by atoms with Crippen LogP contribution in [-0.2, 0) is 37.4 Å². The molecule has 13 heteroatoms. The first-order valence-corrected chi connectivity index (χ1v) is 16.5. The zero-order valence-corrected chi connectivity index (χ0v) is 25.8. The molecule has 0 bridgehead atoms. The number of carbonyl (C=O) groups excluding carboxylic acids is 2. The van der Waals surface area contributed by atoms with E-state index in [-0.39, 0.29) is 48.7 Å². The minimum absolute atomic E-state index is 0.101. The number of esters is 2. The van der Waals surface area contributed by atoms with E-state index in [1.54, 1.807) is 4.90 Å². The van der Waals surface area contributed by atoms with Crippen LogP contribution in [0.1, 0.15) is 85.5 Å². The molecule has 1 heterocycles. The van der Waals surface area contributed by atoms with E-state index in [2.05, 4.69) is 5.32 Å². The predicted molar refractivity (Wildman–Crippen MR) is 156 cm³/mol. The number of hydrogen-bond donors (Lipinski definition) is 1. The van der Waals surface area contributed by atoms with Gasteiger partial charge in [0.05, 0.1) is 18.0 Å². The highest BCUT2D eigenvalue weighted by atomic mass is 31.2. The molecule has 1 aromatic rings. The lowest BCUT2D eigenvalue weighted by Crippen LogP contribution is -2.42. The second-order valence-corrected chi connectivity index (χ2v) is 12.5. The Bertz CT molecular complexity index is 1060. The number of rotatable bonds is 21. The summed E-state index contributed by atoms with van der Waals surface area (Å²) in [5, 5.41) is 2.96. The van der Waals surface area contributed by atoms with E-state index in [0.29, 0.717) is 32.4 Å². The molecule has 12 nitrogen and oxygen atoms in total. The maximum absolute atomic E-state index is 13.6. The summed E-state index contributed by atoms with van der Waals surface area (Å²) in [5.74, 6) is -1.25. The molecule has 1 aliphatic heterocycles. The molecule has 2 rings (SSSR count). The van der Waals surface area contributed by atoms with Crippen LogP contribution in [0.15, 0.2) is 9.59 Å². The van der Waals surface area contributed by atoms with Crippen LogP contribution in [0.2, 0.25) is 0 Å². The third-order valence-electron chi connectivity index (χ3n) is 7.03. The van der Waals surface area contributed by atoms with Crippen molar-refractivity contribution in [2.75, 3.05) is 56.4 Å². The molecule has 0 fully saturated rings. The van der Waals surface area contributed by atoms with E-state index < -0.39 is 38.0 Å². The number of hydrogen-bond acceptors (Lipinski definition) is 12. The lowest BCUT2D eigenvalue weighted by atomic mass is 9.99. The average molecular weight is 603 g/mol. The van der Waals surface area contributed by atoms with Gasteiger partial charge in [0, 0.05) is 19.6 Å². The molecule has 0 spiro atoms. The van der Waals surface area contributed by atoms with Crippen molar-refractivity contribution in [1.29, 1.82) is 0 Å². The Morgan fingerprint density at radius 3 is 1.93 bits per heavy atom. The number of nitrogens with zero attached hydrogens (tertiary/aromatic N) is 1. The van der Waals surface area contributed by atoms with Crippen molar-refractivity contribution in [2.24, 2.45) is 11.8 Å². The molecule has 1 aliphatic rings. The largest absolute Gasteiger partial charge is 0.438 e. The topological polar surface area (TPSA) is 147 Å². The summed E-state index contributed by atoms with van der Waals surface area (Å²) in [5.41, 5.74) is -0.617. The molecule has 0 amide bonds. The van der Waals surface area contributed by atoms with Gasteiger partial charge in [0.25, 0.3) is 10.9 Å². The standard InChI is InChI=1S/C28H47N2O10P/c1-5-10-21(11-6-2)27(33)37-18-36-19-39-41(35,40-20-38-28(34)22(12-7-3)13-8-4)17-16-30-15-9-14-29-23-24(30)26(32)25(23)31/h21-22,29H,5-20H2,1-4H3. The Morgan fingerprint density at radius 2 is 1.37 bits per heavy atom. The minimum atomic E-state index is -3.90. The summed E-state index contributed by atoms with van der Waals surface area (Å²) in [4.78, 5) is 50.6. The molecule has 0 aliphatic carbocycles. The fraction of sp³-hybridized carbons (Fsp3) is 0.786. The minimum Gasteiger partial charge on any atom is -0.438 e. The van der Waals surface area contributed by atoms with Crippen LogP contribution in [0.3, 0.4) is 0 Å². The normalized spacial score (nSPS) is 14.9. The van der Waals surface area contributed by atoms with Crippen molar-refractivity contribution in [2.45, 2.75) is 85.5 Å². The first-order valence-electron chi connectivity index (χ1n) is 14.8. The first-order chi connectivity index (χ1) is 19.7. The summed E-state index contributed by atoms with van der Waals surface area (Å²) in [6, 6.07) is 0. The van der Waals surface area contributed by atoms with Gasteiger partial charge in [0.1, 0.15) is 11.4 Å². The van der Waals surface area contributed by atoms with Crippen LogP contribution in [0, 0.1) is 11.8 Å². The predicted octanol–water partition coefficient (Wildman–Crippen LogP) is 4.54. The number of anilines is 2. The van der Waals surface area contributed by atoms with Crippen LogP contribution < -0.4 is 21.1 Å². The van der Waals surface area contributed by atoms with Crippen LogP contribution in [0.4, 0.5) is 11.4 Å². The molecule has 1 N–H and O–H groups in total. The van der Waals surface area contributed by atoms with Gasteiger partial charge < -0.3 is 24.4 Å². The molecule has 1 unspecified atom stereocenters. The van der Waals surface area contributed by atoms with Gasteiger partial charge in [-0.25, -0.2) is 0 Å². The van der Waals surface area contributed by atoms with E-state index in [1.165, 1.54) is 0 Å². The summed E-state index contributed by atoms with van der Waals surface area (Å²) >= 11 is 0. The summed E-state index contributed by atoms with van der Waals surface area (Å²) in [6.07, 6.45) is 6.68. The molecule has 0 aromatic heterocycles. The maximum atomic E-state index is 13.6.